The van der Waals surface area contributed by atoms with Gasteiger partial charge in [-0.2, -0.15) is 11.8 Å². The largest absolute Gasteiger partial charge is 0.468 e. The van der Waals surface area contributed by atoms with Crippen LogP contribution in [0.4, 0.5) is 0 Å². The molecule has 1 aromatic carbocycles. The Bertz CT molecular complexity index is 791. The molecule has 2 unspecified atom stereocenters. The Morgan fingerprint density at radius 3 is 2.53 bits per heavy atom. The Hall–Kier alpha value is -2.25. The van der Waals surface area contributed by atoms with Gasteiger partial charge in [-0.3, -0.25) is 14.5 Å². The molecule has 0 fully saturated rings. The van der Waals surface area contributed by atoms with E-state index in [1.54, 1.807) is 24.1 Å². The lowest BCUT2D eigenvalue weighted by Gasteiger charge is -2.29. The minimum atomic E-state index is -0.584. The number of carbonyl (C=O) groups is 2. The molecule has 2 N–H and O–H groups in total. The van der Waals surface area contributed by atoms with Crippen molar-refractivity contribution in [3.63, 3.8) is 0 Å². The third kappa shape index (κ3) is 6.92. The van der Waals surface area contributed by atoms with Crippen molar-refractivity contribution in [2.45, 2.75) is 39.3 Å². The van der Waals surface area contributed by atoms with Gasteiger partial charge < -0.3 is 15.1 Å². The third-order valence-corrected chi connectivity index (χ3v) is 5.75. The van der Waals surface area contributed by atoms with E-state index in [0.29, 0.717) is 18.5 Å². The first-order valence-electron chi connectivity index (χ1n) is 10.4. The van der Waals surface area contributed by atoms with Crippen LogP contribution in [0.2, 0.25) is 0 Å². The SMILES string of the molecule is CCN(CC)C(CNC(=O)C(CCSC)NC(=O)c1cccc(C)c1)c1ccco1. The minimum Gasteiger partial charge on any atom is -0.468 e. The molecule has 6 nitrogen and oxygen atoms in total. The number of hydrogen-bond acceptors (Lipinski definition) is 5. The van der Waals surface area contributed by atoms with Crippen molar-refractivity contribution in [3.8, 4) is 0 Å². The van der Waals surface area contributed by atoms with E-state index in [9.17, 15) is 9.59 Å². The lowest BCUT2D eigenvalue weighted by molar-refractivity contribution is -0.123. The van der Waals surface area contributed by atoms with Crippen molar-refractivity contribution >= 4 is 23.6 Å². The van der Waals surface area contributed by atoms with Crippen LogP contribution < -0.4 is 10.6 Å². The molecule has 0 aliphatic heterocycles. The molecule has 0 saturated carbocycles. The number of rotatable bonds is 12. The molecule has 30 heavy (non-hydrogen) atoms. The maximum atomic E-state index is 13.0. The second kappa shape index (κ2) is 12.4. The van der Waals surface area contributed by atoms with Crippen LogP contribution in [-0.4, -0.2) is 54.4 Å². The van der Waals surface area contributed by atoms with Crippen LogP contribution in [0.5, 0.6) is 0 Å². The molecule has 2 aromatic rings. The topological polar surface area (TPSA) is 74.6 Å². The summed E-state index contributed by atoms with van der Waals surface area (Å²) < 4.78 is 5.61. The first-order valence-corrected chi connectivity index (χ1v) is 11.8. The highest BCUT2D eigenvalue weighted by atomic mass is 32.2. The first kappa shape index (κ1) is 24.0. The molecule has 0 aliphatic rings. The molecule has 164 valence electrons. The fourth-order valence-corrected chi connectivity index (χ4v) is 3.88. The molecule has 0 spiro atoms. The molecule has 2 amide bonds. The second-order valence-corrected chi connectivity index (χ2v) is 8.16. The van der Waals surface area contributed by atoms with Crippen LogP contribution in [0.1, 0.15) is 48.0 Å². The van der Waals surface area contributed by atoms with Crippen LogP contribution in [0.15, 0.2) is 47.1 Å². The zero-order valence-corrected chi connectivity index (χ0v) is 19.1. The van der Waals surface area contributed by atoms with E-state index in [1.807, 2.05) is 43.5 Å². The summed E-state index contributed by atoms with van der Waals surface area (Å²) in [5.41, 5.74) is 1.57. The lowest BCUT2D eigenvalue weighted by Crippen LogP contribution is -2.49. The van der Waals surface area contributed by atoms with E-state index in [4.69, 9.17) is 4.42 Å². The van der Waals surface area contributed by atoms with Gasteiger partial charge in [0.25, 0.3) is 5.91 Å². The van der Waals surface area contributed by atoms with Crippen molar-refractivity contribution in [1.82, 2.24) is 15.5 Å². The maximum absolute atomic E-state index is 13.0. The smallest absolute Gasteiger partial charge is 0.251 e. The Labute approximate surface area is 183 Å². The van der Waals surface area contributed by atoms with Gasteiger partial charge in [-0.15, -0.1) is 0 Å². The van der Waals surface area contributed by atoms with Crippen molar-refractivity contribution < 1.29 is 14.0 Å². The van der Waals surface area contributed by atoms with E-state index >= 15 is 0 Å². The van der Waals surface area contributed by atoms with Crippen LogP contribution >= 0.6 is 11.8 Å². The minimum absolute atomic E-state index is 0.0485. The summed E-state index contributed by atoms with van der Waals surface area (Å²) in [5.74, 6) is 1.20. The van der Waals surface area contributed by atoms with E-state index < -0.39 is 6.04 Å². The highest BCUT2D eigenvalue weighted by Gasteiger charge is 2.25. The molecular weight excluding hydrogens is 398 g/mol. The molecular formula is C23H33N3O3S. The fourth-order valence-electron chi connectivity index (χ4n) is 3.41. The standard InChI is InChI=1S/C23H33N3O3S/c1-5-26(6-2)20(21-11-8-13-29-21)16-24-23(28)19(12-14-30-4)25-22(27)18-10-7-9-17(3)15-18/h7-11,13,15,19-20H,5-6,12,14,16H2,1-4H3,(H,24,28)(H,25,27). The lowest BCUT2D eigenvalue weighted by atomic mass is 10.1. The molecule has 0 saturated heterocycles. The van der Waals surface area contributed by atoms with Gasteiger partial charge in [0.05, 0.1) is 12.3 Å². The molecule has 1 aromatic heterocycles. The highest BCUT2D eigenvalue weighted by molar-refractivity contribution is 7.98. The number of aryl methyl sites for hydroxylation is 1. The van der Waals surface area contributed by atoms with Crippen molar-refractivity contribution in [3.05, 3.63) is 59.5 Å². The summed E-state index contributed by atoms with van der Waals surface area (Å²) in [6, 6.07) is 10.5. The summed E-state index contributed by atoms with van der Waals surface area (Å²) in [6.45, 7) is 8.23. The number of furan rings is 1. The second-order valence-electron chi connectivity index (χ2n) is 7.17. The van der Waals surface area contributed by atoms with Crippen molar-refractivity contribution in [1.29, 1.82) is 0 Å². The Balaban J connectivity index is 2.07. The Morgan fingerprint density at radius 2 is 1.93 bits per heavy atom. The van der Waals surface area contributed by atoms with Gasteiger partial charge >= 0.3 is 0 Å². The molecule has 7 heteroatoms. The molecule has 0 aliphatic carbocycles. The van der Waals surface area contributed by atoms with Crippen LogP contribution in [0.25, 0.3) is 0 Å². The molecule has 2 atom stereocenters. The number of likely N-dealkylation sites (N-methyl/N-ethyl adjacent to an activating group) is 1. The number of amides is 2. The zero-order valence-electron chi connectivity index (χ0n) is 18.3. The van der Waals surface area contributed by atoms with Gasteiger partial charge in [-0.1, -0.05) is 31.5 Å². The molecule has 1 heterocycles. The average molecular weight is 432 g/mol. The number of benzene rings is 1. The van der Waals surface area contributed by atoms with Gasteiger partial charge in [0.1, 0.15) is 11.8 Å². The number of nitrogens with one attached hydrogen (secondary N) is 2. The number of carbonyl (C=O) groups excluding carboxylic acids is 2. The van der Waals surface area contributed by atoms with Gasteiger partial charge in [-0.25, -0.2) is 0 Å². The summed E-state index contributed by atoms with van der Waals surface area (Å²) in [6.07, 6.45) is 4.21. The fraction of sp³-hybridized carbons (Fsp3) is 0.478. The summed E-state index contributed by atoms with van der Waals surface area (Å²) in [5, 5.41) is 5.94. The van der Waals surface area contributed by atoms with Gasteiger partial charge in [0, 0.05) is 12.1 Å². The van der Waals surface area contributed by atoms with Crippen molar-refractivity contribution in [2.75, 3.05) is 31.6 Å². The maximum Gasteiger partial charge on any atom is 0.251 e. The van der Waals surface area contributed by atoms with Crippen LogP contribution in [0, 0.1) is 6.92 Å². The van der Waals surface area contributed by atoms with E-state index in [-0.39, 0.29) is 17.9 Å². The third-order valence-electron chi connectivity index (χ3n) is 5.11. The summed E-state index contributed by atoms with van der Waals surface area (Å²) >= 11 is 1.65. The van der Waals surface area contributed by atoms with Gasteiger partial charge in [0.15, 0.2) is 0 Å². The monoisotopic (exact) mass is 431 g/mol. The Kier molecular flexibility index (Phi) is 9.97. The van der Waals surface area contributed by atoms with Gasteiger partial charge in [-0.05, 0) is 62.7 Å². The summed E-state index contributed by atoms with van der Waals surface area (Å²) in [7, 11) is 0. The van der Waals surface area contributed by atoms with E-state index in [1.165, 1.54) is 0 Å². The summed E-state index contributed by atoms with van der Waals surface area (Å²) in [4.78, 5) is 27.9. The molecule has 0 bridgehead atoms. The predicted molar refractivity (Wildman–Crippen MR) is 123 cm³/mol. The van der Waals surface area contributed by atoms with Crippen LogP contribution in [0.3, 0.4) is 0 Å². The Morgan fingerprint density at radius 1 is 1.17 bits per heavy atom. The van der Waals surface area contributed by atoms with Crippen LogP contribution in [-0.2, 0) is 4.79 Å². The first-order chi connectivity index (χ1) is 14.5. The van der Waals surface area contributed by atoms with E-state index in [2.05, 4.69) is 29.4 Å². The predicted octanol–water partition coefficient (Wildman–Crippen LogP) is 3.64. The molecule has 0 radical (unpaired) electrons. The number of hydrogen-bond donors (Lipinski definition) is 2. The average Bonchev–Trinajstić information content (AvgIpc) is 3.28. The van der Waals surface area contributed by atoms with E-state index in [0.717, 1.165) is 30.2 Å². The van der Waals surface area contributed by atoms with Crippen molar-refractivity contribution in [2.24, 2.45) is 0 Å². The number of thioether (sulfide) groups is 1. The highest BCUT2D eigenvalue weighted by Crippen LogP contribution is 2.20. The molecule has 2 rings (SSSR count). The zero-order chi connectivity index (χ0) is 21.9. The number of nitrogens with zero attached hydrogens (tertiary/aromatic N) is 1. The normalized spacial score (nSPS) is 13.1. The van der Waals surface area contributed by atoms with Gasteiger partial charge in [0.2, 0.25) is 5.91 Å². The quantitative estimate of drug-likeness (QED) is 0.537.